The Morgan fingerprint density at radius 1 is 1.35 bits per heavy atom. The van der Waals surface area contributed by atoms with E-state index in [1.807, 2.05) is 19.1 Å². The van der Waals surface area contributed by atoms with Gasteiger partial charge in [-0.15, -0.1) is 0 Å². The number of carbonyl (C=O) groups is 1. The summed E-state index contributed by atoms with van der Waals surface area (Å²) in [6, 6.07) is 9.61. The van der Waals surface area contributed by atoms with Crippen LogP contribution >= 0.6 is 0 Å². The van der Waals surface area contributed by atoms with Crippen LogP contribution in [0.25, 0.3) is 0 Å². The second-order valence-electron chi connectivity index (χ2n) is 5.01. The number of hydrogen-bond donors (Lipinski definition) is 2. The van der Waals surface area contributed by atoms with Gasteiger partial charge in [-0.1, -0.05) is 12.1 Å². The fourth-order valence-corrected chi connectivity index (χ4v) is 2.51. The van der Waals surface area contributed by atoms with Crippen LogP contribution in [0.2, 0.25) is 0 Å². The number of aromatic nitrogens is 1. The fourth-order valence-electron chi connectivity index (χ4n) is 2.51. The minimum absolute atomic E-state index is 0.0885. The van der Waals surface area contributed by atoms with Gasteiger partial charge >= 0.3 is 0 Å². The molecule has 1 aromatic carbocycles. The Morgan fingerprint density at radius 2 is 2.25 bits per heavy atom. The molecule has 2 N–H and O–H groups in total. The third-order valence-corrected chi connectivity index (χ3v) is 3.55. The van der Waals surface area contributed by atoms with E-state index < -0.39 is 0 Å². The highest BCUT2D eigenvalue weighted by Crippen LogP contribution is 2.23. The van der Waals surface area contributed by atoms with Crippen LogP contribution in [0, 0.1) is 6.92 Å². The molecule has 2 aromatic rings. The van der Waals surface area contributed by atoms with Crippen LogP contribution in [0.5, 0.6) is 0 Å². The Kier molecular flexibility index (Phi) is 3.48. The van der Waals surface area contributed by atoms with Gasteiger partial charge in [-0.25, -0.2) is 0 Å². The molecule has 4 heteroatoms. The van der Waals surface area contributed by atoms with Crippen molar-refractivity contribution in [1.82, 2.24) is 10.3 Å². The number of nitrogens with zero attached hydrogens (tertiary/aromatic N) is 1. The first-order valence-corrected chi connectivity index (χ1v) is 6.79. The van der Waals surface area contributed by atoms with E-state index in [0.29, 0.717) is 5.56 Å². The van der Waals surface area contributed by atoms with Crippen molar-refractivity contribution < 1.29 is 4.79 Å². The van der Waals surface area contributed by atoms with Crippen molar-refractivity contribution in [2.45, 2.75) is 19.9 Å². The maximum absolute atomic E-state index is 12.3. The van der Waals surface area contributed by atoms with E-state index in [1.54, 1.807) is 18.3 Å². The second kappa shape index (κ2) is 5.43. The number of fused-ring (bicyclic) bond motifs is 1. The molecule has 4 nitrogen and oxygen atoms in total. The summed E-state index contributed by atoms with van der Waals surface area (Å²) in [5, 5.41) is 6.35. The van der Waals surface area contributed by atoms with Crippen LogP contribution in [0.3, 0.4) is 0 Å². The van der Waals surface area contributed by atoms with Crippen molar-refractivity contribution in [2.24, 2.45) is 0 Å². The monoisotopic (exact) mass is 267 g/mol. The normalized spacial score (nSPS) is 13.7. The maximum atomic E-state index is 12.3. The lowest BCUT2D eigenvalue weighted by atomic mass is 9.99. The number of anilines is 1. The summed E-state index contributed by atoms with van der Waals surface area (Å²) in [6.45, 7) is 3.68. The minimum Gasteiger partial charge on any atom is -0.322 e. The molecule has 0 bridgehead atoms. The van der Waals surface area contributed by atoms with Gasteiger partial charge in [0.25, 0.3) is 5.91 Å². The summed E-state index contributed by atoms with van der Waals surface area (Å²) >= 11 is 0. The molecule has 0 fully saturated rings. The molecule has 1 amide bonds. The van der Waals surface area contributed by atoms with Crippen molar-refractivity contribution >= 4 is 11.6 Å². The summed E-state index contributed by atoms with van der Waals surface area (Å²) in [5.41, 5.74) is 4.88. The van der Waals surface area contributed by atoms with Gasteiger partial charge in [0, 0.05) is 29.7 Å². The first-order chi connectivity index (χ1) is 9.74. The molecule has 20 heavy (non-hydrogen) atoms. The van der Waals surface area contributed by atoms with Crippen molar-refractivity contribution in [1.29, 1.82) is 0 Å². The lowest BCUT2D eigenvalue weighted by Crippen LogP contribution is -2.25. The molecule has 1 aliphatic rings. The smallest absolute Gasteiger partial charge is 0.255 e. The van der Waals surface area contributed by atoms with Crippen LogP contribution in [-0.4, -0.2) is 17.4 Å². The minimum atomic E-state index is -0.0885. The predicted molar refractivity (Wildman–Crippen MR) is 78.8 cm³/mol. The standard InChI is InChI=1S/C16H17N3O/c1-11-9-13(6-8-18-11)16(20)19-15-4-2-3-12-5-7-17-10-14(12)15/h2-4,6,8-9,17H,5,7,10H2,1H3,(H,19,20). The van der Waals surface area contributed by atoms with E-state index in [9.17, 15) is 4.79 Å². The summed E-state index contributed by atoms with van der Waals surface area (Å²) in [4.78, 5) is 16.4. The Hall–Kier alpha value is -2.20. The quantitative estimate of drug-likeness (QED) is 0.877. The first-order valence-electron chi connectivity index (χ1n) is 6.79. The third kappa shape index (κ3) is 2.56. The highest BCUT2D eigenvalue weighted by Gasteiger charge is 2.14. The second-order valence-corrected chi connectivity index (χ2v) is 5.01. The highest BCUT2D eigenvalue weighted by atomic mass is 16.1. The van der Waals surface area contributed by atoms with Crippen LogP contribution in [-0.2, 0) is 13.0 Å². The summed E-state index contributed by atoms with van der Waals surface area (Å²) in [5.74, 6) is -0.0885. The topological polar surface area (TPSA) is 54.0 Å². The van der Waals surface area contributed by atoms with Gasteiger partial charge in [0.05, 0.1) is 0 Å². The fraction of sp³-hybridized carbons (Fsp3) is 0.250. The lowest BCUT2D eigenvalue weighted by Gasteiger charge is -2.20. The Balaban J connectivity index is 1.86. The highest BCUT2D eigenvalue weighted by molar-refractivity contribution is 6.04. The zero-order valence-electron chi connectivity index (χ0n) is 11.4. The molecule has 0 atom stereocenters. The van der Waals surface area contributed by atoms with E-state index in [-0.39, 0.29) is 5.91 Å². The van der Waals surface area contributed by atoms with Crippen molar-refractivity contribution in [2.75, 3.05) is 11.9 Å². The number of amides is 1. The molecular formula is C16H17N3O. The Labute approximate surface area is 118 Å². The van der Waals surface area contributed by atoms with Gasteiger partial charge in [0.2, 0.25) is 0 Å². The number of benzene rings is 1. The van der Waals surface area contributed by atoms with Crippen LogP contribution in [0.1, 0.15) is 27.2 Å². The largest absolute Gasteiger partial charge is 0.322 e. The van der Waals surface area contributed by atoms with Crippen LogP contribution < -0.4 is 10.6 Å². The first kappa shape index (κ1) is 12.8. The molecule has 0 saturated heterocycles. The van der Waals surface area contributed by atoms with E-state index in [0.717, 1.165) is 30.9 Å². The van der Waals surface area contributed by atoms with Gasteiger partial charge in [0.15, 0.2) is 0 Å². The van der Waals surface area contributed by atoms with E-state index >= 15 is 0 Å². The molecule has 0 unspecified atom stereocenters. The molecule has 2 heterocycles. The SMILES string of the molecule is Cc1cc(C(=O)Nc2cccc3c2CNCC3)ccn1. The number of rotatable bonds is 2. The number of aryl methyl sites for hydroxylation is 1. The van der Waals surface area contributed by atoms with Gasteiger partial charge < -0.3 is 10.6 Å². The van der Waals surface area contributed by atoms with Crippen molar-refractivity contribution in [3.8, 4) is 0 Å². The van der Waals surface area contributed by atoms with Gasteiger partial charge in [-0.3, -0.25) is 9.78 Å². The summed E-state index contributed by atoms with van der Waals surface area (Å²) < 4.78 is 0. The summed E-state index contributed by atoms with van der Waals surface area (Å²) in [6.07, 6.45) is 2.67. The van der Waals surface area contributed by atoms with E-state index in [2.05, 4.69) is 21.7 Å². The van der Waals surface area contributed by atoms with E-state index in [4.69, 9.17) is 0 Å². The number of nitrogens with one attached hydrogen (secondary N) is 2. The van der Waals surface area contributed by atoms with Gasteiger partial charge in [0.1, 0.15) is 0 Å². The van der Waals surface area contributed by atoms with Crippen LogP contribution in [0.15, 0.2) is 36.5 Å². The molecule has 1 aromatic heterocycles. The number of carbonyl (C=O) groups excluding carboxylic acids is 1. The third-order valence-electron chi connectivity index (χ3n) is 3.55. The maximum Gasteiger partial charge on any atom is 0.255 e. The van der Waals surface area contributed by atoms with Crippen molar-refractivity contribution in [3.63, 3.8) is 0 Å². The number of pyridine rings is 1. The molecule has 0 aliphatic carbocycles. The zero-order valence-corrected chi connectivity index (χ0v) is 11.4. The average Bonchev–Trinajstić information content (AvgIpc) is 2.47. The molecule has 102 valence electrons. The lowest BCUT2D eigenvalue weighted by molar-refractivity contribution is 0.102. The van der Waals surface area contributed by atoms with E-state index in [1.165, 1.54) is 11.1 Å². The average molecular weight is 267 g/mol. The Morgan fingerprint density at radius 3 is 3.10 bits per heavy atom. The molecule has 0 spiro atoms. The Bertz CT molecular complexity index is 652. The molecule has 3 rings (SSSR count). The van der Waals surface area contributed by atoms with Crippen molar-refractivity contribution in [3.05, 3.63) is 58.9 Å². The number of hydrogen-bond acceptors (Lipinski definition) is 3. The van der Waals surface area contributed by atoms with Crippen LogP contribution in [0.4, 0.5) is 5.69 Å². The predicted octanol–water partition coefficient (Wildman–Crippen LogP) is 2.29. The molecule has 0 radical (unpaired) electrons. The molecular weight excluding hydrogens is 250 g/mol. The summed E-state index contributed by atoms with van der Waals surface area (Å²) in [7, 11) is 0. The molecule has 0 saturated carbocycles. The van der Waals surface area contributed by atoms with Gasteiger partial charge in [-0.05, 0) is 49.2 Å². The zero-order chi connectivity index (χ0) is 13.9. The van der Waals surface area contributed by atoms with Gasteiger partial charge in [-0.2, -0.15) is 0 Å². The molecule has 1 aliphatic heterocycles.